The van der Waals surface area contributed by atoms with Crippen molar-refractivity contribution in [3.8, 4) is 0 Å². The van der Waals surface area contributed by atoms with E-state index in [0.29, 0.717) is 24.6 Å². The number of hydrogen-bond acceptors (Lipinski definition) is 2. The van der Waals surface area contributed by atoms with Gasteiger partial charge >= 0.3 is 0 Å². The van der Waals surface area contributed by atoms with Crippen molar-refractivity contribution in [1.82, 2.24) is 5.32 Å². The van der Waals surface area contributed by atoms with E-state index >= 15 is 0 Å². The molecule has 1 atom stereocenters. The monoisotopic (exact) mass is 267 g/mol. The highest BCUT2D eigenvalue weighted by Crippen LogP contribution is 2.21. The van der Waals surface area contributed by atoms with Crippen LogP contribution < -0.4 is 5.32 Å². The molecule has 0 bridgehead atoms. The second kappa shape index (κ2) is 7.01. The van der Waals surface area contributed by atoms with Crippen LogP contribution in [0, 0.1) is 11.7 Å². The third-order valence-corrected chi connectivity index (χ3v) is 2.70. The van der Waals surface area contributed by atoms with Crippen LogP contribution in [0.2, 0.25) is 0 Å². The van der Waals surface area contributed by atoms with Crippen molar-refractivity contribution >= 4 is 0 Å². The lowest BCUT2D eigenvalue weighted by Gasteiger charge is -2.26. The minimum absolute atomic E-state index is 0.00923. The zero-order valence-corrected chi connectivity index (χ0v) is 12.7. The largest absolute Gasteiger partial charge is 0.372 e. The molecule has 0 aromatic heterocycles. The zero-order valence-electron chi connectivity index (χ0n) is 12.7. The lowest BCUT2D eigenvalue weighted by atomic mass is 10.1. The Balaban J connectivity index is 2.77. The molecule has 19 heavy (non-hydrogen) atoms. The van der Waals surface area contributed by atoms with E-state index in [9.17, 15) is 4.39 Å². The van der Waals surface area contributed by atoms with Gasteiger partial charge in [0.1, 0.15) is 5.82 Å². The van der Waals surface area contributed by atoms with Crippen LogP contribution in [0.4, 0.5) is 4.39 Å². The van der Waals surface area contributed by atoms with Gasteiger partial charge in [0, 0.05) is 24.3 Å². The molecule has 0 aliphatic heterocycles. The first-order valence-corrected chi connectivity index (χ1v) is 6.90. The first-order valence-electron chi connectivity index (χ1n) is 6.90. The van der Waals surface area contributed by atoms with E-state index < -0.39 is 0 Å². The van der Waals surface area contributed by atoms with Gasteiger partial charge in [0.05, 0.1) is 6.10 Å². The van der Waals surface area contributed by atoms with Crippen LogP contribution in [0.3, 0.4) is 0 Å². The Morgan fingerprint density at radius 3 is 2.37 bits per heavy atom. The molecule has 0 heterocycles. The molecule has 0 radical (unpaired) electrons. The number of benzene rings is 1. The molecular formula is C16H26FNO. The van der Waals surface area contributed by atoms with Crippen molar-refractivity contribution in [2.45, 2.75) is 46.3 Å². The quantitative estimate of drug-likeness (QED) is 0.843. The van der Waals surface area contributed by atoms with Gasteiger partial charge in [-0.05, 0) is 32.8 Å². The molecule has 1 unspecified atom stereocenters. The fourth-order valence-electron chi connectivity index (χ4n) is 1.70. The molecular weight excluding hydrogens is 241 g/mol. The third kappa shape index (κ3) is 6.17. The minimum Gasteiger partial charge on any atom is -0.372 e. The summed E-state index contributed by atoms with van der Waals surface area (Å²) in [7, 11) is 0. The molecule has 1 rings (SSSR count). The lowest BCUT2D eigenvalue weighted by Crippen LogP contribution is -2.39. The van der Waals surface area contributed by atoms with Gasteiger partial charge in [0.2, 0.25) is 0 Å². The van der Waals surface area contributed by atoms with Gasteiger partial charge in [0.15, 0.2) is 0 Å². The standard InChI is InChI=1S/C16H26FNO/c1-12(2)11-19-15(10-18-16(3,4)5)13-8-6-7-9-14(13)17/h6-9,12,15,18H,10-11H2,1-5H3. The molecule has 0 saturated heterocycles. The Kier molecular flexibility index (Phi) is 5.95. The van der Waals surface area contributed by atoms with Crippen LogP contribution in [0.1, 0.15) is 46.3 Å². The summed E-state index contributed by atoms with van der Waals surface area (Å²) < 4.78 is 19.7. The second-order valence-electron chi connectivity index (χ2n) is 6.37. The van der Waals surface area contributed by atoms with Crippen molar-refractivity contribution in [2.75, 3.05) is 13.2 Å². The number of hydrogen-bond donors (Lipinski definition) is 1. The molecule has 1 N–H and O–H groups in total. The predicted octanol–water partition coefficient (Wildman–Crippen LogP) is 3.93. The third-order valence-electron chi connectivity index (χ3n) is 2.70. The fourth-order valence-corrected chi connectivity index (χ4v) is 1.70. The summed E-state index contributed by atoms with van der Waals surface area (Å²) in [5.74, 6) is 0.232. The zero-order chi connectivity index (χ0) is 14.5. The summed E-state index contributed by atoms with van der Waals surface area (Å²) in [6, 6.07) is 6.83. The van der Waals surface area contributed by atoms with Crippen LogP contribution in [0.5, 0.6) is 0 Å². The van der Waals surface area contributed by atoms with Crippen LogP contribution in [-0.2, 0) is 4.74 Å². The van der Waals surface area contributed by atoms with Crippen LogP contribution in [0.25, 0.3) is 0 Å². The minimum atomic E-state index is -0.247. The highest BCUT2D eigenvalue weighted by molar-refractivity contribution is 5.20. The van der Waals surface area contributed by atoms with E-state index in [4.69, 9.17) is 4.74 Å². The topological polar surface area (TPSA) is 21.3 Å². The summed E-state index contributed by atoms with van der Waals surface area (Å²) in [4.78, 5) is 0. The Morgan fingerprint density at radius 1 is 1.21 bits per heavy atom. The van der Waals surface area contributed by atoms with E-state index in [1.807, 2.05) is 6.07 Å². The Labute approximate surface area is 116 Å². The highest BCUT2D eigenvalue weighted by Gasteiger charge is 2.19. The molecule has 3 heteroatoms. The number of ether oxygens (including phenoxy) is 1. The van der Waals surface area contributed by atoms with E-state index in [1.54, 1.807) is 12.1 Å². The maximum absolute atomic E-state index is 13.9. The van der Waals surface area contributed by atoms with E-state index in [0.717, 1.165) is 0 Å². The molecule has 0 aliphatic carbocycles. The smallest absolute Gasteiger partial charge is 0.129 e. The van der Waals surface area contributed by atoms with Crippen LogP contribution in [-0.4, -0.2) is 18.7 Å². The van der Waals surface area contributed by atoms with Crippen LogP contribution >= 0.6 is 0 Å². The SMILES string of the molecule is CC(C)COC(CNC(C)(C)C)c1ccccc1F. The van der Waals surface area contributed by atoms with Crippen molar-refractivity contribution in [3.63, 3.8) is 0 Å². The van der Waals surface area contributed by atoms with Gasteiger partial charge in [0.25, 0.3) is 0 Å². The maximum atomic E-state index is 13.9. The molecule has 1 aromatic carbocycles. The molecule has 1 aromatic rings. The van der Waals surface area contributed by atoms with Gasteiger partial charge in [-0.1, -0.05) is 32.0 Å². The second-order valence-corrected chi connectivity index (χ2v) is 6.37. The molecule has 2 nitrogen and oxygen atoms in total. The molecule has 0 amide bonds. The van der Waals surface area contributed by atoms with E-state index in [2.05, 4.69) is 39.9 Å². The maximum Gasteiger partial charge on any atom is 0.129 e. The van der Waals surface area contributed by atoms with Crippen molar-refractivity contribution < 1.29 is 9.13 Å². The molecule has 0 fully saturated rings. The average Bonchev–Trinajstić information content (AvgIpc) is 2.29. The Morgan fingerprint density at radius 2 is 1.84 bits per heavy atom. The normalized spacial score (nSPS) is 13.8. The molecule has 108 valence electrons. The summed E-state index contributed by atoms with van der Waals surface area (Å²) in [6.07, 6.45) is -0.247. The fraction of sp³-hybridized carbons (Fsp3) is 0.625. The summed E-state index contributed by atoms with van der Waals surface area (Å²) >= 11 is 0. The summed E-state index contributed by atoms with van der Waals surface area (Å²) in [6.45, 7) is 11.7. The summed E-state index contributed by atoms with van der Waals surface area (Å²) in [5.41, 5.74) is 0.616. The van der Waals surface area contributed by atoms with Crippen LogP contribution in [0.15, 0.2) is 24.3 Å². The number of halogens is 1. The number of rotatable bonds is 6. The molecule has 0 aliphatic rings. The predicted molar refractivity (Wildman–Crippen MR) is 77.7 cm³/mol. The average molecular weight is 267 g/mol. The van der Waals surface area contributed by atoms with Crippen molar-refractivity contribution in [3.05, 3.63) is 35.6 Å². The molecule has 0 spiro atoms. The van der Waals surface area contributed by atoms with E-state index in [-0.39, 0.29) is 17.5 Å². The highest BCUT2D eigenvalue weighted by atomic mass is 19.1. The van der Waals surface area contributed by atoms with Crippen molar-refractivity contribution in [2.24, 2.45) is 5.92 Å². The first kappa shape index (κ1) is 16.1. The Bertz CT molecular complexity index is 385. The van der Waals surface area contributed by atoms with Gasteiger partial charge in [-0.15, -0.1) is 0 Å². The Hall–Kier alpha value is -0.930. The van der Waals surface area contributed by atoms with Crippen molar-refractivity contribution in [1.29, 1.82) is 0 Å². The molecule has 0 saturated carbocycles. The van der Waals surface area contributed by atoms with Gasteiger partial charge in [-0.2, -0.15) is 0 Å². The van der Waals surface area contributed by atoms with Gasteiger partial charge in [-0.25, -0.2) is 4.39 Å². The first-order chi connectivity index (χ1) is 8.79. The van der Waals surface area contributed by atoms with Gasteiger partial charge in [-0.3, -0.25) is 0 Å². The summed E-state index contributed by atoms with van der Waals surface area (Å²) in [5, 5.41) is 3.38. The van der Waals surface area contributed by atoms with E-state index in [1.165, 1.54) is 6.07 Å². The number of nitrogens with one attached hydrogen (secondary N) is 1. The lowest BCUT2D eigenvalue weighted by molar-refractivity contribution is 0.0294. The van der Waals surface area contributed by atoms with Gasteiger partial charge < -0.3 is 10.1 Å².